The Hall–Kier alpha value is -1.82. The van der Waals surface area contributed by atoms with Gasteiger partial charge in [0.2, 0.25) is 5.91 Å². The Bertz CT molecular complexity index is 443. The first-order valence-electron chi connectivity index (χ1n) is 5.92. The van der Waals surface area contributed by atoms with E-state index in [1.807, 2.05) is 37.3 Å². The Kier molecular flexibility index (Phi) is 3.14. The maximum atomic E-state index is 12.1. The zero-order chi connectivity index (χ0) is 12.3. The summed E-state index contributed by atoms with van der Waals surface area (Å²) in [5, 5.41) is 11.6. The molecule has 0 saturated heterocycles. The average molecular weight is 228 g/mol. The van der Waals surface area contributed by atoms with Crippen LogP contribution in [-0.2, 0) is 10.2 Å². The van der Waals surface area contributed by atoms with E-state index in [1.165, 1.54) is 0 Å². The number of nitrogens with one attached hydrogen (secondary N) is 1. The summed E-state index contributed by atoms with van der Waals surface area (Å²) in [6, 6.07) is 12.0. The second kappa shape index (κ2) is 4.58. The number of amides is 1. The van der Waals surface area contributed by atoms with Crippen LogP contribution < -0.4 is 5.32 Å². The highest BCUT2D eigenvalue weighted by Gasteiger charge is 2.50. The van der Waals surface area contributed by atoms with Crippen molar-refractivity contribution < 1.29 is 4.79 Å². The third-order valence-corrected chi connectivity index (χ3v) is 3.30. The van der Waals surface area contributed by atoms with Crippen LogP contribution in [-0.4, -0.2) is 12.5 Å². The zero-order valence-electron chi connectivity index (χ0n) is 9.94. The van der Waals surface area contributed by atoms with Crippen LogP contribution in [0.15, 0.2) is 30.3 Å². The highest BCUT2D eigenvalue weighted by molar-refractivity contribution is 5.91. The van der Waals surface area contributed by atoms with Crippen LogP contribution in [0, 0.1) is 17.2 Å². The molecule has 88 valence electrons. The molecule has 1 amide bonds. The van der Waals surface area contributed by atoms with Crippen molar-refractivity contribution in [3.8, 4) is 6.07 Å². The van der Waals surface area contributed by atoms with Crippen LogP contribution in [0.1, 0.15) is 25.3 Å². The summed E-state index contributed by atoms with van der Waals surface area (Å²) in [6.07, 6.45) is 1.81. The van der Waals surface area contributed by atoms with Gasteiger partial charge in [-0.2, -0.15) is 5.26 Å². The topological polar surface area (TPSA) is 52.9 Å². The lowest BCUT2D eigenvalue weighted by molar-refractivity contribution is -0.123. The van der Waals surface area contributed by atoms with Crippen molar-refractivity contribution in [2.45, 2.75) is 25.2 Å². The Morgan fingerprint density at radius 3 is 2.65 bits per heavy atom. The van der Waals surface area contributed by atoms with Gasteiger partial charge in [-0.05, 0) is 25.3 Å². The van der Waals surface area contributed by atoms with E-state index in [9.17, 15) is 4.79 Å². The molecular weight excluding hydrogens is 212 g/mol. The number of hydrogen-bond acceptors (Lipinski definition) is 2. The van der Waals surface area contributed by atoms with Crippen LogP contribution >= 0.6 is 0 Å². The molecule has 1 atom stereocenters. The third kappa shape index (κ3) is 2.31. The molecule has 0 radical (unpaired) electrons. The Labute approximate surface area is 101 Å². The number of benzene rings is 1. The van der Waals surface area contributed by atoms with Crippen LogP contribution in [0.5, 0.6) is 0 Å². The zero-order valence-corrected chi connectivity index (χ0v) is 9.94. The Morgan fingerprint density at radius 2 is 2.12 bits per heavy atom. The minimum Gasteiger partial charge on any atom is -0.354 e. The van der Waals surface area contributed by atoms with Crippen molar-refractivity contribution in [2.75, 3.05) is 6.54 Å². The normalized spacial score (nSPS) is 17.9. The van der Waals surface area contributed by atoms with Gasteiger partial charge in [0.05, 0.1) is 17.4 Å². The minimum atomic E-state index is -0.323. The summed E-state index contributed by atoms with van der Waals surface area (Å²) in [5.74, 6) is -0.0728. The quantitative estimate of drug-likeness (QED) is 0.856. The summed E-state index contributed by atoms with van der Waals surface area (Å²) in [5.41, 5.74) is 0.762. The van der Waals surface area contributed by atoms with Gasteiger partial charge in [-0.1, -0.05) is 30.3 Å². The monoisotopic (exact) mass is 228 g/mol. The summed E-state index contributed by atoms with van der Waals surface area (Å²) in [7, 11) is 0. The average Bonchev–Trinajstić information content (AvgIpc) is 3.18. The summed E-state index contributed by atoms with van der Waals surface area (Å²) < 4.78 is 0. The maximum absolute atomic E-state index is 12.1. The summed E-state index contributed by atoms with van der Waals surface area (Å²) >= 11 is 0. The van der Waals surface area contributed by atoms with Crippen LogP contribution in [0.25, 0.3) is 0 Å². The highest BCUT2D eigenvalue weighted by atomic mass is 16.2. The first kappa shape index (κ1) is 11.7. The molecule has 17 heavy (non-hydrogen) atoms. The molecule has 1 aromatic carbocycles. The molecule has 1 N–H and O–H groups in total. The molecule has 2 rings (SSSR count). The van der Waals surface area contributed by atoms with E-state index in [-0.39, 0.29) is 17.2 Å². The standard InChI is InChI=1S/C14H16N2O/c1-11(9-15)10-16-13(17)14(7-8-14)12-5-3-2-4-6-12/h2-6,11H,7-8,10H2,1H3,(H,16,17). The van der Waals surface area contributed by atoms with Crippen molar-refractivity contribution in [1.82, 2.24) is 5.32 Å². The molecule has 0 aliphatic heterocycles. The fourth-order valence-corrected chi connectivity index (χ4v) is 1.99. The van der Waals surface area contributed by atoms with E-state index in [0.717, 1.165) is 18.4 Å². The van der Waals surface area contributed by atoms with Gasteiger partial charge in [0.15, 0.2) is 0 Å². The van der Waals surface area contributed by atoms with E-state index < -0.39 is 0 Å². The van der Waals surface area contributed by atoms with E-state index in [2.05, 4.69) is 11.4 Å². The number of carbonyl (C=O) groups excluding carboxylic acids is 1. The third-order valence-electron chi connectivity index (χ3n) is 3.30. The van der Waals surface area contributed by atoms with Crippen molar-refractivity contribution in [2.24, 2.45) is 5.92 Å². The molecule has 0 bridgehead atoms. The van der Waals surface area contributed by atoms with Crippen LogP contribution in [0.4, 0.5) is 0 Å². The van der Waals surface area contributed by atoms with Crippen LogP contribution in [0.2, 0.25) is 0 Å². The number of nitrogens with zero attached hydrogens (tertiary/aromatic N) is 1. The minimum absolute atomic E-state index is 0.0609. The summed E-state index contributed by atoms with van der Waals surface area (Å²) in [4.78, 5) is 12.1. The van der Waals surface area contributed by atoms with Crippen molar-refractivity contribution in [1.29, 1.82) is 5.26 Å². The van der Waals surface area contributed by atoms with E-state index >= 15 is 0 Å². The van der Waals surface area contributed by atoms with Crippen molar-refractivity contribution in [3.63, 3.8) is 0 Å². The number of carbonyl (C=O) groups is 1. The van der Waals surface area contributed by atoms with Gasteiger partial charge in [0.25, 0.3) is 0 Å². The largest absolute Gasteiger partial charge is 0.354 e. The molecular formula is C14H16N2O. The Balaban J connectivity index is 2.03. The number of hydrogen-bond donors (Lipinski definition) is 1. The van der Waals surface area contributed by atoms with Crippen molar-refractivity contribution in [3.05, 3.63) is 35.9 Å². The SMILES string of the molecule is CC(C#N)CNC(=O)C1(c2ccccc2)CC1. The first-order chi connectivity index (χ1) is 8.19. The van der Waals surface area contributed by atoms with Crippen LogP contribution in [0.3, 0.4) is 0 Å². The molecule has 3 heteroatoms. The van der Waals surface area contributed by atoms with E-state index in [4.69, 9.17) is 5.26 Å². The van der Waals surface area contributed by atoms with Gasteiger partial charge >= 0.3 is 0 Å². The summed E-state index contributed by atoms with van der Waals surface area (Å²) in [6.45, 7) is 2.24. The lowest BCUT2D eigenvalue weighted by atomic mass is 9.95. The number of rotatable bonds is 4. The molecule has 1 saturated carbocycles. The molecule has 1 fully saturated rings. The second-order valence-corrected chi connectivity index (χ2v) is 4.69. The molecule has 0 spiro atoms. The van der Waals surface area contributed by atoms with Gasteiger partial charge < -0.3 is 5.32 Å². The predicted octanol–water partition coefficient (Wildman–Crippen LogP) is 1.99. The van der Waals surface area contributed by atoms with E-state index in [1.54, 1.807) is 0 Å². The molecule has 1 unspecified atom stereocenters. The second-order valence-electron chi connectivity index (χ2n) is 4.69. The highest BCUT2D eigenvalue weighted by Crippen LogP contribution is 2.48. The fourth-order valence-electron chi connectivity index (χ4n) is 1.99. The molecule has 3 nitrogen and oxygen atoms in total. The smallest absolute Gasteiger partial charge is 0.230 e. The molecule has 1 aliphatic rings. The molecule has 0 aromatic heterocycles. The molecule has 1 aromatic rings. The molecule has 1 aliphatic carbocycles. The van der Waals surface area contributed by atoms with Gasteiger partial charge in [-0.3, -0.25) is 4.79 Å². The van der Waals surface area contributed by atoms with Gasteiger partial charge in [0.1, 0.15) is 0 Å². The lowest BCUT2D eigenvalue weighted by Crippen LogP contribution is -2.36. The van der Waals surface area contributed by atoms with Gasteiger partial charge in [-0.15, -0.1) is 0 Å². The maximum Gasteiger partial charge on any atom is 0.230 e. The van der Waals surface area contributed by atoms with E-state index in [0.29, 0.717) is 6.54 Å². The van der Waals surface area contributed by atoms with Gasteiger partial charge in [0, 0.05) is 6.54 Å². The fraction of sp³-hybridized carbons (Fsp3) is 0.429. The Morgan fingerprint density at radius 1 is 1.47 bits per heavy atom. The first-order valence-corrected chi connectivity index (χ1v) is 5.92. The molecule has 0 heterocycles. The van der Waals surface area contributed by atoms with Gasteiger partial charge in [-0.25, -0.2) is 0 Å². The predicted molar refractivity (Wildman–Crippen MR) is 65.1 cm³/mol. The van der Waals surface area contributed by atoms with Crippen molar-refractivity contribution >= 4 is 5.91 Å². The lowest BCUT2D eigenvalue weighted by Gasteiger charge is -2.16. The number of nitriles is 1.